The second-order valence-corrected chi connectivity index (χ2v) is 6.99. The molecule has 0 bridgehead atoms. The molecule has 1 aromatic heterocycles. The van der Waals surface area contributed by atoms with Gasteiger partial charge in [-0.2, -0.15) is 0 Å². The van der Waals surface area contributed by atoms with Crippen LogP contribution in [0.15, 0.2) is 42.7 Å². The number of carbonyl (C=O) groups excluding carboxylic acids is 1. The van der Waals surface area contributed by atoms with Gasteiger partial charge in [-0.3, -0.25) is 9.78 Å². The maximum Gasteiger partial charge on any atom is 0.222 e. The summed E-state index contributed by atoms with van der Waals surface area (Å²) in [5, 5.41) is 0. The monoisotopic (exact) mass is 358 g/mol. The molecule has 1 saturated heterocycles. The van der Waals surface area contributed by atoms with Gasteiger partial charge in [0, 0.05) is 31.9 Å². The van der Waals surface area contributed by atoms with E-state index in [1.807, 2.05) is 17.0 Å². The fourth-order valence-electron chi connectivity index (χ4n) is 3.55. The first-order valence-corrected chi connectivity index (χ1v) is 9.22. The molecular weight excluding hydrogens is 334 g/mol. The number of benzene rings is 1. The Bertz CT molecular complexity index is 736. The Balaban J connectivity index is 1.47. The standard InChI is InChI=1S/C21H24F2N2O/c22-19-7-5-17(14-20(19)23)3-4-18-2-1-13-25(15-18)21(26)8-6-16-9-11-24-12-10-16/h5,7,9-12,14,18H,1-4,6,8,13,15H2. The van der Waals surface area contributed by atoms with E-state index in [0.29, 0.717) is 18.8 Å². The molecule has 0 saturated carbocycles. The highest BCUT2D eigenvalue weighted by atomic mass is 19.2. The van der Waals surface area contributed by atoms with Crippen molar-refractivity contribution in [3.8, 4) is 0 Å². The molecule has 3 nitrogen and oxygen atoms in total. The van der Waals surface area contributed by atoms with Crippen LogP contribution in [0.2, 0.25) is 0 Å². The first-order valence-electron chi connectivity index (χ1n) is 9.22. The van der Waals surface area contributed by atoms with Crippen molar-refractivity contribution in [3.05, 3.63) is 65.5 Å². The zero-order chi connectivity index (χ0) is 18.4. The van der Waals surface area contributed by atoms with Crippen molar-refractivity contribution in [2.45, 2.75) is 38.5 Å². The van der Waals surface area contributed by atoms with E-state index in [1.54, 1.807) is 18.5 Å². The van der Waals surface area contributed by atoms with Crippen LogP contribution < -0.4 is 0 Å². The number of likely N-dealkylation sites (tertiary alicyclic amines) is 1. The van der Waals surface area contributed by atoms with Crippen LogP contribution in [0.5, 0.6) is 0 Å². The van der Waals surface area contributed by atoms with Gasteiger partial charge < -0.3 is 4.90 Å². The molecule has 1 aliphatic rings. The van der Waals surface area contributed by atoms with Gasteiger partial charge in [-0.1, -0.05) is 6.07 Å². The van der Waals surface area contributed by atoms with Crippen LogP contribution in [0.3, 0.4) is 0 Å². The van der Waals surface area contributed by atoms with Crippen molar-refractivity contribution in [2.24, 2.45) is 5.92 Å². The number of amides is 1. The SMILES string of the molecule is O=C(CCc1ccncc1)N1CCCC(CCc2ccc(F)c(F)c2)C1. The number of carbonyl (C=O) groups is 1. The van der Waals surface area contributed by atoms with Gasteiger partial charge in [-0.25, -0.2) is 8.78 Å². The Labute approximate surface area is 153 Å². The van der Waals surface area contributed by atoms with Gasteiger partial charge in [0.2, 0.25) is 5.91 Å². The van der Waals surface area contributed by atoms with Crippen LogP contribution in [-0.2, 0) is 17.6 Å². The zero-order valence-electron chi connectivity index (χ0n) is 14.8. The lowest BCUT2D eigenvalue weighted by Crippen LogP contribution is -2.40. The second-order valence-electron chi connectivity index (χ2n) is 6.99. The Kier molecular flexibility index (Phi) is 6.31. The fraction of sp³-hybridized carbons (Fsp3) is 0.429. The van der Waals surface area contributed by atoms with Crippen LogP contribution >= 0.6 is 0 Å². The normalized spacial score (nSPS) is 17.3. The van der Waals surface area contributed by atoms with Crippen molar-refractivity contribution in [3.63, 3.8) is 0 Å². The van der Waals surface area contributed by atoms with Crippen LogP contribution in [-0.4, -0.2) is 28.9 Å². The summed E-state index contributed by atoms with van der Waals surface area (Å²) in [5.74, 6) is -0.988. The fourth-order valence-corrected chi connectivity index (χ4v) is 3.55. The minimum absolute atomic E-state index is 0.194. The molecule has 0 spiro atoms. The molecule has 5 heteroatoms. The average molecular weight is 358 g/mol. The van der Waals surface area contributed by atoms with E-state index in [1.165, 1.54) is 12.1 Å². The van der Waals surface area contributed by atoms with E-state index in [9.17, 15) is 13.6 Å². The van der Waals surface area contributed by atoms with E-state index in [4.69, 9.17) is 0 Å². The maximum atomic E-state index is 13.3. The predicted molar refractivity (Wildman–Crippen MR) is 96.5 cm³/mol. The van der Waals surface area contributed by atoms with E-state index >= 15 is 0 Å². The number of aryl methyl sites for hydroxylation is 2. The van der Waals surface area contributed by atoms with E-state index in [-0.39, 0.29) is 5.91 Å². The molecule has 0 radical (unpaired) electrons. The highest BCUT2D eigenvalue weighted by Gasteiger charge is 2.23. The smallest absolute Gasteiger partial charge is 0.222 e. The quantitative estimate of drug-likeness (QED) is 0.777. The first kappa shape index (κ1) is 18.5. The molecule has 2 aromatic rings. The number of halogens is 2. The minimum Gasteiger partial charge on any atom is -0.342 e. The molecular formula is C21H24F2N2O. The van der Waals surface area contributed by atoms with Crippen LogP contribution in [0.4, 0.5) is 8.78 Å². The lowest BCUT2D eigenvalue weighted by molar-refractivity contribution is -0.133. The summed E-state index contributed by atoms with van der Waals surface area (Å²) >= 11 is 0. The van der Waals surface area contributed by atoms with Crippen LogP contribution in [0, 0.1) is 17.6 Å². The van der Waals surface area contributed by atoms with Gasteiger partial charge in [-0.15, -0.1) is 0 Å². The summed E-state index contributed by atoms with van der Waals surface area (Å²) in [7, 11) is 0. The summed E-state index contributed by atoms with van der Waals surface area (Å²) in [4.78, 5) is 18.4. The van der Waals surface area contributed by atoms with Crippen molar-refractivity contribution < 1.29 is 13.6 Å². The Morgan fingerprint density at radius 3 is 2.65 bits per heavy atom. The van der Waals surface area contributed by atoms with Gasteiger partial charge in [0.1, 0.15) is 0 Å². The number of nitrogens with zero attached hydrogens (tertiary/aromatic N) is 2. The zero-order valence-corrected chi connectivity index (χ0v) is 14.8. The third kappa shape index (κ3) is 5.10. The molecule has 3 rings (SSSR count). The van der Waals surface area contributed by atoms with Gasteiger partial charge in [0.05, 0.1) is 0 Å². The molecule has 1 aromatic carbocycles. The van der Waals surface area contributed by atoms with E-state index in [0.717, 1.165) is 49.9 Å². The van der Waals surface area contributed by atoms with Crippen LogP contribution in [0.1, 0.15) is 36.8 Å². The van der Waals surface area contributed by atoms with E-state index in [2.05, 4.69) is 4.98 Å². The van der Waals surface area contributed by atoms with Gasteiger partial charge in [-0.05, 0) is 73.4 Å². The molecule has 138 valence electrons. The lowest BCUT2D eigenvalue weighted by Gasteiger charge is -2.33. The Hall–Kier alpha value is -2.30. The predicted octanol–water partition coefficient (Wildman–Crippen LogP) is 4.16. The highest BCUT2D eigenvalue weighted by Crippen LogP contribution is 2.23. The van der Waals surface area contributed by atoms with Gasteiger partial charge >= 0.3 is 0 Å². The summed E-state index contributed by atoms with van der Waals surface area (Å²) in [6, 6.07) is 7.97. The molecule has 26 heavy (non-hydrogen) atoms. The van der Waals surface area contributed by atoms with Gasteiger partial charge in [0.25, 0.3) is 0 Å². The third-order valence-electron chi connectivity index (χ3n) is 5.07. The lowest BCUT2D eigenvalue weighted by atomic mass is 9.91. The topological polar surface area (TPSA) is 33.2 Å². The molecule has 2 heterocycles. The maximum absolute atomic E-state index is 13.3. The van der Waals surface area contributed by atoms with Crippen LogP contribution in [0.25, 0.3) is 0 Å². The number of piperidine rings is 1. The Morgan fingerprint density at radius 1 is 1.08 bits per heavy atom. The molecule has 1 aliphatic heterocycles. The van der Waals surface area contributed by atoms with Crippen molar-refractivity contribution in [1.82, 2.24) is 9.88 Å². The molecule has 0 aliphatic carbocycles. The Morgan fingerprint density at radius 2 is 1.88 bits per heavy atom. The first-order chi connectivity index (χ1) is 12.6. The average Bonchev–Trinajstić information content (AvgIpc) is 2.68. The number of hydrogen-bond donors (Lipinski definition) is 0. The molecule has 1 unspecified atom stereocenters. The van der Waals surface area contributed by atoms with Crippen molar-refractivity contribution in [1.29, 1.82) is 0 Å². The third-order valence-corrected chi connectivity index (χ3v) is 5.07. The second kappa shape index (κ2) is 8.88. The summed E-state index contributed by atoms with van der Waals surface area (Å²) < 4.78 is 26.3. The summed E-state index contributed by atoms with van der Waals surface area (Å²) in [6.07, 6.45) is 8.42. The summed E-state index contributed by atoms with van der Waals surface area (Å²) in [5.41, 5.74) is 1.94. The highest BCUT2D eigenvalue weighted by molar-refractivity contribution is 5.76. The number of hydrogen-bond acceptors (Lipinski definition) is 2. The minimum atomic E-state index is -0.808. The largest absolute Gasteiger partial charge is 0.342 e. The van der Waals surface area contributed by atoms with Crippen molar-refractivity contribution in [2.75, 3.05) is 13.1 Å². The van der Waals surface area contributed by atoms with E-state index < -0.39 is 11.6 Å². The number of rotatable bonds is 6. The van der Waals surface area contributed by atoms with Gasteiger partial charge in [0.15, 0.2) is 11.6 Å². The molecule has 1 fully saturated rings. The van der Waals surface area contributed by atoms with Crippen molar-refractivity contribution >= 4 is 5.91 Å². The molecule has 1 amide bonds. The summed E-state index contributed by atoms with van der Waals surface area (Å²) in [6.45, 7) is 1.58. The number of pyridine rings is 1. The number of aromatic nitrogens is 1. The molecule has 0 N–H and O–H groups in total. The molecule has 1 atom stereocenters.